The zero-order valence-electron chi connectivity index (χ0n) is 24.6. The molecule has 0 aliphatic carbocycles. The molecule has 0 aliphatic rings. The minimum atomic E-state index is 0.894. The van der Waals surface area contributed by atoms with Gasteiger partial charge < -0.3 is 4.74 Å². The minimum absolute atomic E-state index is 0.894. The quantitative estimate of drug-likeness (QED) is 0.181. The van der Waals surface area contributed by atoms with E-state index < -0.39 is 0 Å². The number of ether oxygens (including phenoxy) is 1. The Morgan fingerprint density at radius 2 is 1.13 bits per heavy atom. The summed E-state index contributed by atoms with van der Waals surface area (Å²) in [5.41, 5.74) is 5.66. The summed E-state index contributed by atoms with van der Waals surface area (Å²) in [6.07, 6.45) is 0. The van der Waals surface area contributed by atoms with Gasteiger partial charge in [0.25, 0.3) is 0 Å². The van der Waals surface area contributed by atoms with E-state index in [2.05, 4.69) is 122 Å². The lowest BCUT2D eigenvalue weighted by atomic mass is 9.92. The van der Waals surface area contributed by atoms with E-state index in [-0.39, 0.29) is 0 Å². The van der Waals surface area contributed by atoms with E-state index in [1.54, 1.807) is 11.3 Å². The number of hydrogen-bond donors (Lipinski definition) is 0. The van der Waals surface area contributed by atoms with Crippen LogP contribution >= 0.6 is 22.7 Å². The molecule has 0 saturated carbocycles. The largest absolute Gasteiger partial charge is 0.495 e. The molecule has 0 bridgehead atoms. The zero-order valence-corrected chi connectivity index (χ0v) is 26.3. The van der Waals surface area contributed by atoms with Crippen LogP contribution in [0.2, 0.25) is 0 Å². The highest BCUT2D eigenvalue weighted by atomic mass is 32.1. The first kappa shape index (κ1) is 25.3. The van der Waals surface area contributed by atoms with Crippen molar-refractivity contribution in [3.63, 3.8) is 0 Å². The summed E-state index contributed by atoms with van der Waals surface area (Å²) in [6.45, 7) is 2.24. The van der Waals surface area contributed by atoms with Gasteiger partial charge >= 0.3 is 0 Å². The van der Waals surface area contributed by atoms with Gasteiger partial charge in [-0.2, -0.15) is 0 Å². The first-order chi connectivity index (χ1) is 22.2. The third kappa shape index (κ3) is 3.41. The molecule has 0 fully saturated rings. The first-order valence-electron chi connectivity index (χ1n) is 15.2. The molecule has 0 amide bonds. The molecular weight excluding hydrogens is 587 g/mol. The average Bonchev–Trinajstić information content (AvgIpc) is 3.81. The number of nitrogens with zero attached hydrogens (tertiary/aromatic N) is 1. The lowest BCUT2D eigenvalue weighted by molar-refractivity contribution is 0.422. The molecule has 45 heavy (non-hydrogen) atoms. The smallest absolute Gasteiger partial charge is 0.136 e. The highest BCUT2D eigenvalue weighted by Crippen LogP contribution is 2.56. The number of hydrogen-bond acceptors (Lipinski definition) is 4. The summed E-state index contributed by atoms with van der Waals surface area (Å²) < 4.78 is 6.43. The molecule has 0 aliphatic heterocycles. The van der Waals surface area contributed by atoms with Crippen LogP contribution in [0.4, 0.5) is 0 Å². The maximum Gasteiger partial charge on any atom is 0.136 e. The summed E-state index contributed by atoms with van der Waals surface area (Å²) in [5.74, 6) is 0.894. The van der Waals surface area contributed by atoms with Crippen LogP contribution in [-0.4, -0.2) is 12.1 Å². The minimum Gasteiger partial charge on any atom is -0.495 e. The van der Waals surface area contributed by atoms with Crippen molar-refractivity contribution in [2.45, 2.75) is 6.92 Å². The van der Waals surface area contributed by atoms with E-state index in [0.717, 1.165) is 33.0 Å². The van der Waals surface area contributed by atoms with Crippen molar-refractivity contribution in [1.82, 2.24) is 4.98 Å². The lowest BCUT2D eigenvalue weighted by Crippen LogP contribution is -1.94. The fourth-order valence-corrected chi connectivity index (χ4v) is 9.75. The van der Waals surface area contributed by atoms with E-state index in [4.69, 9.17) is 9.72 Å². The van der Waals surface area contributed by atoms with E-state index in [0.29, 0.717) is 0 Å². The molecule has 10 rings (SSSR count). The second-order valence-corrected chi connectivity index (χ2v) is 14.1. The van der Waals surface area contributed by atoms with Crippen LogP contribution in [-0.2, 0) is 0 Å². The molecule has 2 aromatic heterocycles. The van der Waals surface area contributed by atoms with Gasteiger partial charge in [-0.25, -0.2) is 4.98 Å². The molecule has 8 aromatic carbocycles. The topological polar surface area (TPSA) is 22.1 Å². The molecule has 0 saturated heterocycles. The first-order valence-corrected chi connectivity index (χ1v) is 16.8. The highest BCUT2D eigenvalue weighted by molar-refractivity contribution is 7.20. The molecular formula is C41H25NOS2. The van der Waals surface area contributed by atoms with Crippen molar-refractivity contribution in [3.05, 3.63) is 120 Å². The summed E-state index contributed by atoms with van der Waals surface area (Å²) in [7, 11) is 1.81. The van der Waals surface area contributed by atoms with Crippen molar-refractivity contribution < 1.29 is 4.74 Å². The van der Waals surface area contributed by atoms with Crippen LogP contribution in [0.15, 0.2) is 115 Å². The number of methoxy groups -OCH3 is 1. The van der Waals surface area contributed by atoms with Crippen LogP contribution in [0.5, 0.6) is 5.75 Å². The summed E-state index contributed by atoms with van der Waals surface area (Å²) >= 11 is 3.62. The summed E-state index contributed by atoms with van der Waals surface area (Å²) in [5, 5.41) is 13.9. The molecule has 0 unspecified atom stereocenters. The van der Waals surface area contributed by atoms with Crippen molar-refractivity contribution in [1.29, 1.82) is 0 Å². The second kappa shape index (κ2) is 9.24. The molecule has 212 valence electrons. The molecule has 2 nitrogen and oxygen atoms in total. The predicted octanol–water partition coefficient (Wildman–Crippen LogP) is 12.3. The Balaban J connectivity index is 1.35. The van der Waals surface area contributed by atoms with Crippen molar-refractivity contribution in [2.75, 3.05) is 7.11 Å². The van der Waals surface area contributed by atoms with Crippen LogP contribution in [0.1, 0.15) is 4.88 Å². The number of rotatable bonds is 5. The van der Waals surface area contributed by atoms with Gasteiger partial charge in [0, 0.05) is 31.7 Å². The Kier molecular flexibility index (Phi) is 5.20. The van der Waals surface area contributed by atoms with Gasteiger partial charge in [-0.05, 0) is 67.7 Å². The van der Waals surface area contributed by atoms with Gasteiger partial charge in [-0.3, -0.25) is 0 Å². The molecule has 0 N–H and O–H groups in total. The number of thiazole rings is 1. The molecule has 0 spiro atoms. The maximum atomic E-state index is 6.43. The van der Waals surface area contributed by atoms with E-state index >= 15 is 0 Å². The fraction of sp³-hybridized carbons (Fsp3) is 0.0488. The molecule has 10 aromatic rings. The molecule has 4 heteroatoms. The molecule has 0 radical (unpaired) electrons. The molecule has 2 heterocycles. The van der Waals surface area contributed by atoms with Crippen molar-refractivity contribution in [2.24, 2.45) is 0 Å². The number of benzene rings is 7. The van der Waals surface area contributed by atoms with E-state index in [1.165, 1.54) is 74.2 Å². The zero-order chi connectivity index (χ0) is 29.8. The van der Waals surface area contributed by atoms with Crippen molar-refractivity contribution >= 4 is 76.5 Å². The fourth-order valence-electron chi connectivity index (χ4n) is 7.50. The van der Waals surface area contributed by atoms with Crippen LogP contribution in [0.3, 0.4) is 0 Å². The number of thiophene rings is 1. The summed E-state index contributed by atoms with van der Waals surface area (Å²) in [4.78, 5) is 9.22. The van der Waals surface area contributed by atoms with Crippen LogP contribution in [0.25, 0.3) is 96.6 Å². The Hall–Kier alpha value is -5.03. The van der Waals surface area contributed by atoms with E-state index in [1.807, 2.05) is 18.4 Å². The predicted molar refractivity (Wildman–Crippen MR) is 194 cm³/mol. The second-order valence-electron chi connectivity index (χ2n) is 11.8. The average molecular weight is 612 g/mol. The highest BCUT2D eigenvalue weighted by Gasteiger charge is 2.29. The number of aryl methyl sites for hydroxylation is 1. The maximum absolute atomic E-state index is 6.43. The Morgan fingerprint density at radius 3 is 1.78 bits per heavy atom. The van der Waals surface area contributed by atoms with E-state index in [9.17, 15) is 0 Å². The van der Waals surface area contributed by atoms with Crippen LogP contribution < -0.4 is 4.74 Å². The lowest BCUT2D eigenvalue weighted by Gasteiger charge is -2.16. The normalized spacial score (nSPS) is 12.2. The standard InChI is InChI=1S/C41H25NOS2/c1-22-30(21-31(44-22)23-9-5-3-6-10-23)40-38(42-41(45-40)27-11-7-4-8-12-27)37-28-19-17-25-15-13-24-14-16-26-18-20-29(39(37)43-2)36-34(26)32(24)33(25)35(28)36/h3-21H,1-2H3. The molecule has 0 atom stereocenters. The Bertz CT molecular complexity index is 2680. The van der Waals surface area contributed by atoms with Crippen molar-refractivity contribution in [3.8, 4) is 48.5 Å². The van der Waals surface area contributed by atoms with Gasteiger partial charge in [-0.15, -0.1) is 22.7 Å². The monoisotopic (exact) mass is 611 g/mol. The Labute approximate surface area is 267 Å². The third-order valence-electron chi connectivity index (χ3n) is 9.45. The van der Waals surface area contributed by atoms with Gasteiger partial charge in [0.15, 0.2) is 0 Å². The Morgan fingerprint density at radius 1 is 0.578 bits per heavy atom. The van der Waals surface area contributed by atoms with Gasteiger partial charge in [0.1, 0.15) is 10.8 Å². The summed E-state index contributed by atoms with van der Waals surface area (Å²) in [6, 6.07) is 41.7. The van der Waals surface area contributed by atoms with Gasteiger partial charge in [-0.1, -0.05) is 103 Å². The number of aromatic nitrogens is 1. The van der Waals surface area contributed by atoms with Gasteiger partial charge in [0.2, 0.25) is 0 Å². The third-order valence-corrected chi connectivity index (χ3v) is 11.7. The van der Waals surface area contributed by atoms with Crippen LogP contribution in [0, 0.1) is 6.92 Å². The van der Waals surface area contributed by atoms with Gasteiger partial charge in [0.05, 0.1) is 23.2 Å². The SMILES string of the molecule is COc1c(-c2nc(-c3ccccc3)sc2-c2cc(-c3ccccc3)sc2C)c2ccc3ccc4ccc5ccc1c1c5c4c3c21.